The Balaban J connectivity index is 1.93. The SMILES string of the molecule is CCCC(=O)Nc1ccc(C(=O)COC(=O)c2cc(Cl)cc(Cl)c2)cc1. The number of benzene rings is 2. The van der Waals surface area contributed by atoms with Gasteiger partial charge in [0, 0.05) is 27.7 Å². The molecule has 0 aliphatic carbocycles. The summed E-state index contributed by atoms with van der Waals surface area (Å²) in [6.45, 7) is 1.50. The van der Waals surface area contributed by atoms with Gasteiger partial charge in [0.2, 0.25) is 5.91 Å². The summed E-state index contributed by atoms with van der Waals surface area (Å²) in [6.07, 6.45) is 1.19. The van der Waals surface area contributed by atoms with Crippen molar-refractivity contribution in [3.63, 3.8) is 0 Å². The number of carbonyl (C=O) groups excluding carboxylic acids is 3. The highest BCUT2D eigenvalue weighted by Crippen LogP contribution is 2.19. The first-order valence-electron chi connectivity index (χ1n) is 7.95. The number of carbonyl (C=O) groups is 3. The lowest BCUT2D eigenvalue weighted by Crippen LogP contribution is -2.15. The van der Waals surface area contributed by atoms with Crippen LogP contribution in [0.3, 0.4) is 0 Å². The molecule has 1 N–H and O–H groups in total. The van der Waals surface area contributed by atoms with Gasteiger partial charge in [-0.1, -0.05) is 30.1 Å². The molecule has 2 aromatic rings. The lowest BCUT2D eigenvalue weighted by atomic mass is 10.1. The number of hydrogen-bond donors (Lipinski definition) is 1. The van der Waals surface area contributed by atoms with E-state index in [2.05, 4.69) is 5.32 Å². The Kier molecular flexibility index (Phi) is 7.18. The Morgan fingerprint density at radius 1 is 0.962 bits per heavy atom. The fourth-order valence-electron chi connectivity index (χ4n) is 2.16. The predicted octanol–water partition coefficient (Wildman–Crippen LogP) is 4.77. The van der Waals surface area contributed by atoms with E-state index in [9.17, 15) is 14.4 Å². The molecule has 0 aromatic heterocycles. The number of ether oxygens (including phenoxy) is 1. The molecule has 0 spiro atoms. The first-order chi connectivity index (χ1) is 12.4. The van der Waals surface area contributed by atoms with Gasteiger partial charge in [-0.25, -0.2) is 4.79 Å². The largest absolute Gasteiger partial charge is 0.454 e. The van der Waals surface area contributed by atoms with Crippen LogP contribution in [0.1, 0.15) is 40.5 Å². The van der Waals surface area contributed by atoms with Gasteiger partial charge in [-0.3, -0.25) is 9.59 Å². The van der Waals surface area contributed by atoms with Crippen LogP contribution < -0.4 is 5.32 Å². The Morgan fingerprint density at radius 2 is 1.58 bits per heavy atom. The summed E-state index contributed by atoms with van der Waals surface area (Å²) in [5.41, 5.74) is 1.14. The zero-order valence-electron chi connectivity index (χ0n) is 14.1. The maximum absolute atomic E-state index is 12.1. The fraction of sp³-hybridized carbons (Fsp3) is 0.211. The second-order valence-corrected chi connectivity index (χ2v) is 6.41. The smallest absolute Gasteiger partial charge is 0.338 e. The van der Waals surface area contributed by atoms with E-state index in [0.29, 0.717) is 27.7 Å². The topological polar surface area (TPSA) is 72.5 Å². The summed E-state index contributed by atoms with van der Waals surface area (Å²) in [5.74, 6) is -1.13. The van der Waals surface area contributed by atoms with Crippen LogP contribution in [0.25, 0.3) is 0 Å². The normalized spacial score (nSPS) is 10.3. The van der Waals surface area contributed by atoms with Crippen LogP contribution in [0.15, 0.2) is 42.5 Å². The zero-order valence-corrected chi connectivity index (χ0v) is 15.6. The van der Waals surface area contributed by atoms with Gasteiger partial charge in [-0.05, 0) is 48.9 Å². The van der Waals surface area contributed by atoms with Crippen LogP contribution >= 0.6 is 23.2 Å². The van der Waals surface area contributed by atoms with Crippen LogP contribution in [-0.2, 0) is 9.53 Å². The average molecular weight is 394 g/mol. The lowest BCUT2D eigenvalue weighted by molar-refractivity contribution is -0.116. The number of rotatable bonds is 7. The molecule has 0 bridgehead atoms. The third-order valence-electron chi connectivity index (χ3n) is 3.40. The minimum Gasteiger partial charge on any atom is -0.454 e. The van der Waals surface area contributed by atoms with Crippen molar-refractivity contribution in [1.29, 1.82) is 0 Å². The maximum atomic E-state index is 12.1. The van der Waals surface area contributed by atoms with E-state index in [0.717, 1.165) is 6.42 Å². The van der Waals surface area contributed by atoms with E-state index >= 15 is 0 Å². The minimum atomic E-state index is -0.689. The number of amides is 1. The number of halogens is 2. The van der Waals surface area contributed by atoms with Gasteiger partial charge in [0.05, 0.1) is 5.56 Å². The number of anilines is 1. The molecule has 0 aliphatic heterocycles. The third kappa shape index (κ3) is 5.86. The van der Waals surface area contributed by atoms with Gasteiger partial charge in [-0.2, -0.15) is 0 Å². The van der Waals surface area contributed by atoms with Crippen molar-refractivity contribution in [3.05, 3.63) is 63.6 Å². The quantitative estimate of drug-likeness (QED) is 0.542. The second-order valence-electron chi connectivity index (χ2n) is 5.53. The average Bonchev–Trinajstić information content (AvgIpc) is 2.59. The van der Waals surface area contributed by atoms with Crippen molar-refractivity contribution >= 4 is 46.5 Å². The standard InChI is InChI=1S/C19H17Cl2NO4/c1-2-3-18(24)22-16-6-4-12(5-7-16)17(23)11-26-19(25)13-8-14(20)10-15(21)9-13/h4-10H,2-3,11H2,1H3,(H,22,24). The summed E-state index contributed by atoms with van der Waals surface area (Å²) in [7, 11) is 0. The highest BCUT2D eigenvalue weighted by atomic mass is 35.5. The summed E-state index contributed by atoms with van der Waals surface area (Å²) in [5, 5.41) is 3.34. The Bertz CT molecular complexity index is 799. The Hall–Kier alpha value is -2.37. The van der Waals surface area contributed by atoms with Crippen molar-refractivity contribution in [2.75, 3.05) is 11.9 Å². The summed E-state index contributed by atoms with van der Waals surface area (Å²) < 4.78 is 5.01. The molecule has 0 radical (unpaired) electrons. The van der Waals surface area contributed by atoms with Crippen LogP contribution in [0.4, 0.5) is 5.69 Å². The molecule has 0 fully saturated rings. The molecule has 2 aromatic carbocycles. The number of Topliss-reactive ketones (excluding diaryl/α,β-unsaturated/α-hetero) is 1. The highest BCUT2D eigenvalue weighted by molar-refractivity contribution is 6.35. The number of nitrogens with one attached hydrogen (secondary N) is 1. The Labute approximate surface area is 161 Å². The molecule has 26 heavy (non-hydrogen) atoms. The van der Waals surface area contributed by atoms with E-state index in [-0.39, 0.29) is 17.3 Å². The maximum Gasteiger partial charge on any atom is 0.338 e. The molecule has 0 saturated heterocycles. The van der Waals surface area contributed by atoms with Crippen molar-refractivity contribution < 1.29 is 19.1 Å². The van der Waals surface area contributed by atoms with Crippen molar-refractivity contribution in [2.24, 2.45) is 0 Å². The summed E-state index contributed by atoms with van der Waals surface area (Å²) in [6, 6.07) is 10.7. The van der Waals surface area contributed by atoms with Crippen molar-refractivity contribution in [1.82, 2.24) is 0 Å². The predicted molar refractivity (Wildman–Crippen MR) is 101 cm³/mol. The molecule has 0 unspecified atom stereocenters. The molecular weight excluding hydrogens is 377 g/mol. The van der Waals surface area contributed by atoms with E-state index in [1.807, 2.05) is 6.92 Å². The molecule has 0 atom stereocenters. The molecular formula is C19H17Cl2NO4. The van der Waals surface area contributed by atoms with Gasteiger partial charge < -0.3 is 10.1 Å². The monoisotopic (exact) mass is 393 g/mol. The van der Waals surface area contributed by atoms with Crippen LogP contribution in [-0.4, -0.2) is 24.3 Å². The van der Waals surface area contributed by atoms with Gasteiger partial charge in [0.1, 0.15) is 0 Å². The minimum absolute atomic E-state index is 0.0827. The van der Waals surface area contributed by atoms with Crippen LogP contribution in [0.2, 0.25) is 10.0 Å². The van der Waals surface area contributed by atoms with Gasteiger partial charge >= 0.3 is 5.97 Å². The van der Waals surface area contributed by atoms with Gasteiger partial charge in [0.25, 0.3) is 0 Å². The van der Waals surface area contributed by atoms with E-state index in [1.54, 1.807) is 24.3 Å². The first kappa shape index (κ1) is 19.9. The molecule has 136 valence electrons. The zero-order chi connectivity index (χ0) is 19.1. The molecule has 7 heteroatoms. The number of esters is 1. The molecule has 2 rings (SSSR count). The number of ketones is 1. The van der Waals surface area contributed by atoms with E-state index in [1.165, 1.54) is 18.2 Å². The Morgan fingerprint density at radius 3 is 2.15 bits per heavy atom. The summed E-state index contributed by atoms with van der Waals surface area (Å²) in [4.78, 5) is 35.7. The van der Waals surface area contributed by atoms with Crippen molar-refractivity contribution in [3.8, 4) is 0 Å². The lowest BCUT2D eigenvalue weighted by Gasteiger charge is -2.07. The molecule has 1 amide bonds. The number of hydrogen-bond acceptors (Lipinski definition) is 4. The van der Waals surface area contributed by atoms with Crippen LogP contribution in [0.5, 0.6) is 0 Å². The fourth-order valence-corrected chi connectivity index (χ4v) is 2.69. The molecule has 5 nitrogen and oxygen atoms in total. The van der Waals surface area contributed by atoms with Crippen LogP contribution in [0, 0.1) is 0 Å². The van der Waals surface area contributed by atoms with Crippen molar-refractivity contribution in [2.45, 2.75) is 19.8 Å². The van der Waals surface area contributed by atoms with Gasteiger partial charge in [-0.15, -0.1) is 0 Å². The third-order valence-corrected chi connectivity index (χ3v) is 3.84. The summed E-state index contributed by atoms with van der Waals surface area (Å²) >= 11 is 11.7. The first-order valence-corrected chi connectivity index (χ1v) is 8.71. The van der Waals surface area contributed by atoms with E-state index in [4.69, 9.17) is 27.9 Å². The molecule has 0 saturated carbocycles. The van der Waals surface area contributed by atoms with E-state index < -0.39 is 12.6 Å². The van der Waals surface area contributed by atoms with Gasteiger partial charge in [0.15, 0.2) is 12.4 Å². The molecule has 0 aliphatic rings. The highest BCUT2D eigenvalue weighted by Gasteiger charge is 2.13. The molecule has 0 heterocycles. The second kappa shape index (κ2) is 9.36.